The zero-order chi connectivity index (χ0) is 25.3. The quantitative estimate of drug-likeness (QED) is 0.210. The van der Waals surface area contributed by atoms with Crippen LogP contribution >= 0.6 is 34.8 Å². The highest BCUT2D eigenvalue weighted by atomic mass is 35.6. The van der Waals surface area contributed by atoms with E-state index in [0.29, 0.717) is 0 Å². The fourth-order valence-corrected chi connectivity index (χ4v) is 2.93. The Bertz CT molecular complexity index is 687. The Hall–Kier alpha value is -1.20. The number of carbonyl (C=O) groups is 3. The Morgan fingerprint density at radius 1 is 1.03 bits per heavy atom. The maximum atomic E-state index is 13.2. The van der Waals surface area contributed by atoms with E-state index in [-0.39, 0.29) is 31.0 Å². The Kier molecular flexibility index (Phi) is 12.4. The molecule has 32 heavy (non-hydrogen) atoms. The molecule has 0 saturated carbocycles. The number of Topliss-reactive ketones (excluding diaryl/α,β-unsaturated/α-hetero) is 1. The number of ether oxygens (including phenoxy) is 4. The van der Waals surface area contributed by atoms with Crippen LogP contribution in [0.5, 0.6) is 0 Å². The van der Waals surface area contributed by atoms with E-state index in [4.69, 9.17) is 60.2 Å². The van der Waals surface area contributed by atoms with Gasteiger partial charge in [-0.3, -0.25) is 9.59 Å². The van der Waals surface area contributed by atoms with E-state index in [9.17, 15) is 14.4 Å². The van der Waals surface area contributed by atoms with Gasteiger partial charge in [0.05, 0.1) is 17.9 Å². The first-order chi connectivity index (χ1) is 14.4. The first-order valence-electron chi connectivity index (χ1n) is 10.0. The van der Waals surface area contributed by atoms with Crippen LogP contribution in [0.25, 0.3) is 0 Å². The first-order valence-corrected chi connectivity index (χ1v) is 11.2. The van der Waals surface area contributed by atoms with Gasteiger partial charge in [-0.15, -0.1) is 12.3 Å². The topological polar surface area (TPSA) is 88.1 Å². The van der Waals surface area contributed by atoms with Crippen LogP contribution in [0.3, 0.4) is 0 Å². The van der Waals surface area contributed by atoms with Crippen molar-refractivity contribution in [1.82, 2.24) is 0 Å². The molecule has 0 spiro atoms. The molecule has 0 amide bonds. The van der Waals surface area contributed by atoms with Crippen molar-refractivity contribution in [3.05, 3.63) is 0 Å². The zero-order valence-corrected chi connectivity index (χ0v) is 21.9. The molecule has 0 aliphatic rings. The number of halogens is 3. The SMILES string of the molecule is C#CC[C@H](C)[C@@H](CC(=O)C(C)(C)C(CC(=O)OC(C)(C)C)OC)OC(=O)OCC(Cl)(Cl)Cl. The summed E-state index contributed by atoms with van der Waals surface area (Å²) in [6.45, 7) is 9.77. The maximum absolute atomic E-state index is 13.2. The summed E-state index contributed by atoms with van der Waals surface area (Å²) in [7, 11) is 1.41. The van der Waals surface area contributed by atoms with Crippen LogP contribution in [0.15, 0.2) is 0 Å². The van der Waals surface area contributed by atoms with Crippen LogP contribution in [-0.2, 0) is 28.5 Å². The van der Waals surface area contributed by atoms with Gasteiger partial charge in [0, 0.05) is 25.9 Å². The molecule has 10 heteroatoms. The summed E-state index contributed by atoms with van der Waals surface area (Å²) in [5.74, 6) is 1.34. The summed E-state index contributed by atoms with van der Waals surface area (Å²) in [5, 5.41) is 0. The number of rotatable bonds is 11. The second kappa shape index (κ2) is 12.9. The van der Waals surface area contributed by atoms with Crippen LogP contribution in [0.1, 0.15) is 60.8 Å². The van der Waals surface area contributed by atoms with E-state index >= 15 is 0 Å². The number of ketones is 1. The van der Waals surface area contributed by atoms with Gasteiger partial charge in [0.1, 0.15) is 24.1 Å². The Morgan fingerprint density at radius 3 is 2.03 bits per heavy atom. The van der Waals surface area contributed by atoms with Gasteiger partial charge >= 0.3 is 12.1 Å². The molecule has 0 aliphatic heterocycles. The molecule has 0 N–H and O–H groups in total. The summed E-state index contributed by atoms with van der Waals surface area (Å²) >= 11 is 16.7. The van der Waals surface area contributed by atoms with Gasteiger partial charge in [-0.2, -0.15) is 0 Å². The standard InChI is InChI=1S/C22H33Cl3O7/c1-9-10-14(2)15(31-19(28)30-13-22(23,24)25)11-16(26)21(6,7)17(29-8)12-18(27)32-20(3,4)5/h1,14-15,17H,10-13H2,2-8H3/t14-,15+,17?/m0/s1. The normalized spacial score (nSPS) is 15.2. The predicted molar refractivity (Wildman–Crippen MR) is 124 cm³/mol. The van der Waals surface area contributed by atoms with Crippen molar-refractivity contribution in [2.75, 3.05) is 13.7 Å². The number of esters is 1. The van der Waals surface area contributed by atoms with Gasteiger partial charge in [-0.1, -0.05) is 55.6 Å². The molecule has 0 aromatic heterocycles. The van der Waals surface area contributed by atoms with Crippen molar-refractivity contribution in [1.29, 1.82) is 0 Å². The summed E-state index contributed by atoms with van der Waals surface area (Å²) < 4.78 is 19.1. The molecule has 0 fully saturated rings. The molecule has 0 aromatic rings. The predicted octanol–water partition coefficient (Wildman–Crippen LogP) is 5.27. The third-order valence-electron chi connectivity index (χ3n) is 4.64. The van der Waals surface area contributed by atoms with Crippen LogP contribution in [-0.4, -0.2) is 53.2 Å². The molecule has 0 saturated heterocycles. The van der Waals surface area contributed by atoms with E-state index in [0.717, 1.165) is 0 Å². The van der Waals surface area contributed by atoms with Gasteiger partial charge in [-0.25, -0.2) is 4.79 Å². The molecule has 0 aliphatic carbocycles. The lowest BCUT2D eigenvalue weighted by Gasteiger charge is -2.34. The molecular formula is C22H33Cl3O7. The number of hydrogen-bond donors (Lipinski definition) is 0. The molecule has 0 heterocycles. The second-order valence-corrected chi connectivity index (χ2v) is 11.6. The monoisotopic (exact) mass is 514 g/mol. The molecule has 7 nitrogen and oxygen atoms in total. The first kappa shape index (κ1) is 30.8. The maximum Gasteiger partial charge on any atom is 0.508 e. The minimum absolute atomic E-state index is 0.122. The highest BCUT2D eigenvalue weighted by molar-refractivity contribution is 6.67. The van der Waals surface area contributed by atoms with Crippen LogP contribution in [0.4, 0.5) is 4.79 Å². The van der Waals surface area contributed by atoms with E-state index in [1.54, 1.807) is 41.5 Å². The third kappa shape index (κ3) is 12.2. The molecule has 0 rings (SSSR count). The zero-order valence-electron chi connectivity index (χ0n) is 19.6. The Morgan fingerprint density at radius 2 is 1.59 bits per heavy atom. The van der Waals surface area contributed by atoms with Crippen molar-refractivity contribution < 1.29 is 33.3 Å². The number of carbonyl (C=O) groups excluding carboxylic acids is 3. The summed E-state index contributed by atoms with van der Waals surface area (Å²) in [6, 6.07) is 0. The van der Waals surface area contributed by atoms with Crippen LogP contribution < -0.4 is 0 Å². The number of hydrogen-bond acceptors (Lipinski definition) is 7. The highest BCUT2D eigenvalue weighted by Crippen LogP contribution is 2.32. The molecule has 0 bridgehead atoms. The van der Waals surface area contributed by atoms with E-state index < -0.39 is 45.7 Å². The van der Waals surface area contributed by atoms with Crippen LogP contribution in [0, 0.1) is 23.7 Å². The molecule has 3 atom stereocenters. The largest absolute Gasteiger partial charge is 0.508 e. The van der Waals surface area contributed by atoms with Gasteiger partial charge in [0.25, 0.3) is 0 Å². The van der Waals surface area contributed by atoms with Crippen LogP contribution in [0.2, 0.25) is 0 Å². The smallest absolute Gasteiger partial charge is 0.460 e. The lowest BCUT2D eigenvalue weighted by molar-refractivity contribution is -0.161. The number of methoxy groups -OCH3 is 1. The summed E-state index contributed by atoms with van der Waals surface area (Å²) in [6.07, 6.45) is 2.59. The third-order valence-corrected chi connectivity index (χ3v) is 4.97. The van der Waals surface area contributed by atoms with E-state index in [1.165, 1.54) is 7.11 Å². The van der Waals surface area contributed by atoms with Crippen molar-refractivity contribution >= 4 is 52.7 Å². The van der Waals surface area contributed by atoms with Crippen molar-refractivity contribution in [3.8, 4) is 12.3 Å². The van der Waals surface area contributed by atoms with E-state index in [2.05, 4.69) is 5.92 Å². The van der Waals surface area contributed by atoms with Crippen molar-refractivity contribution in [2.24, 2.45) is 11.3 Å². The molecule has 184 valence electrons. The van der Waals surface area contributed by atoms with Gasteiger partial charge in [-0.05, 0) is 20.8 Å². The Labute approximate surface area is 205 Å². The van der Waals surface area contributed by atoms with Gasteiger partial charge < -0.3 is 18.9 Å². The summed E-state index contributed by atoms with van der Waals surface area (Å²) in [5.41, 5.74) is -1.76. The van der Waals surface area contributed by atoms with Crippen molar-refractivity contribution in [3.63, 3.8) is 0 Å². The minimum atomic E-state index is -1.80. The van der Waals surface area contributed by atoms with Gasteiger partial charge in [0.15, 0.2) is 0 Å². The number of alkyl halides is 3. The lowest BCUT2D eigenvalue weighted by atomic mass is 9.77. The average Bonchev–Trinajstić information content (AvgIpc) is 2.61. The summed E-state index contributed by atoms with van der Waals surface area (Å²) in [4.78, 5) is 37.5. The lowest BCUT2D eigenvalue weighted by Crippen LogP contribution is -2.43. The minimum Gasteiger partial charge on any atom is -0.460 e. The van der Waals surface area contributed by atoms with Crippen molar-refractivity contribution in [2.45, 2.75) is 82.4 Å². The molecule has 0 aromatic carbocycles. The van der Waals surface area contributed by atoms with E-state index in [1.807, 2.05) is 0 Å². The Balaban J connectivity index is 5.38. The van der Waals surface area contributed by atoms with Gasteiger partial charge in [0.2, 0.25) is 3.79 Å². The molecular weight excluding hydrogens is 483 g/mol. The average molecular weight is 516 g/mol. The second-order valence-electron chi connectivity index (χ2n) is 9.06. The fraction of sp³-hybridized carbons (Fsp3) is 0.773. The molecule has 0 radical (unpaired) electrons. The highest BCUT2D eigenvalue weighted by Gasteiger charge is 2.41. The fourth-order valence-electron chi connectivity index (χ4n) is 2.77. The number of terminal acetylenes is 1. The molecule has 1 unspecified atom stereocenters.